The molecule has 1 aliphatic carbocycles. The molecule has 1 N–H and O–H groups in total. The molecule has 0 radical (unpaired) electrons. The first kappa shape index (κ1) is 16.5. The van der Waals surface area contributed by atoms with Crippen LogP contribution in [0.3, 0.4) is 0 Å². The van der Waals surface area contributed by atoms with E-state index < -0.39 is 0 Å². The largest absolute Gasteiger partial charge is 0.379 e. The normalized spacial score (nSPS) is 25.0. The van der Waals surface area contributed by atoms with Crippen LogP contribution < -0.4 is 5.32 Å². The molecular weight excluding hydrogens is 314 g/mol. The first-order chi connectivity index (χ1) is 12.3. The Labute approximate surface area is 148 Å². The molecule has 1 saturated carbocycles. The number of benzene rings is 1. The van der Waals surface area contributed by atoms with Crippen LogP contribution in [0.4, 0.5) is 5.69 Å². The standard InChI is InChI=1S/C20H25N3O2/c24-20(22-18-8-2-4-15-6-3-9-21-19(15)18)16-5-1-7-17(14-16)23-10-12-25-13-11-23/h2-4,6,8-9,16-17H,1,5,7,10-14H2,(H,22,24)/t16-,17+/m1/s1. The molecule has 1 aromatic heterocycles. The summed E-state index contributed by atoms with van der Waals surface area (Å²) in [6.07, 6.45) is 6.01. The number of fused-ring (bicyclic) bond motifs is 1. The fraction of sp³-hybridized carbons (Fsp3) is 0.500. The molecule has 2 aliphatic rings. The van der Waals surface area contributed by atoms with Crippen molar-refractivity contribution in [3.05, 3.63) is 36.5 Å². The lowest BCUT2D eigenvalue weighted by Gasteiger charge is -2.38. The zero-order valence-corrected chi connectivity index (χ0v) is 14.5. The van der Waals surface area contributed by atoms with E-state index in [1.165, 1.54) is 6.42 Å². The maximum absolute atomic E-state index is 12.9. The summed E-state index contributed by atoms with van der Waals surface area (Å²) in [6.45, 7) is 3.61. The van der Waals surface area contributed by atoms with Crippen LogP contribution in [0.2, 0.25) is 0 Å². The number of para-hydroxylation sites is 1. The Kier molecular flexibility index (Phi) is 4.95. The highest BCUT2D eigenvalue weighted by molar-refractivity contribution is 6.01. The molecule has 1 aliphatic heterocycles. The van der Waals surface area contributed by atoms with Gasteiger partial charge in [0, 0.05) is 36.6 Å². The van der Waals surface area contributed by atoms with Crippen molar-refractivity contribution in [3.63, 3.8) is 0 Å². The van der Waals surface area contributed by atoms with E-state index in [0.717, 1.165) is 62.2 Å². The number of hydrogen-bond donors (Lipinski definition) is 1. The molecule has 5 heteroatoms. The molecule has 1 aromatic carbocycles. The maximum atomic E-state index is 12.9. The second-order valence-corrected chi connectivity index (χ2v) is 7.04. The predicted molar refractivity (Wildman–Crippen MR) is 98.5 cm³/mol. The topological polar surface area (TPSA) is 54.5 Å². The van der Waals surface area contributed by atoms with Crippen molar-refractivity contribution in [2.45, 2.75) is 31.7 Å². The summed E-state index contributed by atoms with van der Waals surface area (Å²) in [6, 6.07) is 10.4. The first-order valence-corrected chi connectivity index (χ1v) is 9.27. The summed E-state index contributed by atoms with van der Waals surface area (Å²) >= 11 is 0. The van der Waals surface area contributed by atoms with E-state index in [9.17, 15) is 4.79 Å². The highest BCUT2D eigenvalue weighted by Crippen LogP contribution is 2.30. The van der Waals surface area contributed by atoms with Crippen molar-refractivity contribution in [2.75, 3.05) is 31.6 Å². The molecule has 2 heterocycles. The minimum atomic E-state index is 0.0839. The van der Waals surface area contributed by atoms with Gasteiger partial charge in [0.1, 0.15) is 0 Å². The van der Waals surface area contributed by atoms with Crippen LogP contribution in [0, 0.1) is 5.92 Å². The number of aromatic nitrogens is 1. The molecule has 0 bridgehead atoms. The molecule has 0 unspecified atom stereocenters. The third-order valence-corrected chi connectivity index (χ3v) is 5.47. The van der Waals surface area contributed by atoms with Gasteiger partial charge in [-0.2, -0.15) is 0 Å². The Morgan fingerprint density at radius 2 is 2.00 bits per heavy atom. The monoisotopic (exact) mass is 339 g/mol. The molecule has 2 atom stereocenters. The van der Waals surface area contributed by atoms with E-state index >= 15 is 0 Å². The lowest BCUT2D eigenvalue weighted by Crippen LogP contribution is -2.46. The fourth-order valence-corrected chi connectivity index (χ4v) is 4.12. The average molecular weight is 339 g/mol. The number of pyridine rings is 1. The highest BCUT2D eigenvalue weighted by Gasteiger charge is 2.31. The third kappa shape index (κ3) is 3.67. The van der Waals surface area contributed by atoms with Gasteiger partial charge < -0.3 is 10.1 Å². The van der Waals surface area contributed by atoms with Gasteiger partial charge in [-0.3, -0.25) is 14.7 Å². The smallest absolute Gasteiger partial charge is 0.227 e. The number of nitrogens with one attached hydrogen (secondary N) is 1. The summed E-state index contributed by atoms with van der Waals surface area (Å²) in [7, 11) is 0. The summed E-state index contributed by atoms with van der Waals surface area (Å²) in [5.41, 5.74) is 1.68. The predicted octanol–water partition coefficient (Wildman–Crippen LogP) is 3.06. The quantitative estimate of drug-likeness (QED) is 0.934. The number of nitrogens with zero attached hydrogens (tertiary/aromatic N) is 2. The second-order valence-electron chi connectivity index (χ2n) is 7.04. The molecule has 2 fully saturated rings. The van der Waals surface area contributed by atoms with E-state index in [0.29, 0.717) is 6.04 Å². The van der Waals surface area contributed by atoms with Gasteiger partial charge in [-0.1, -0.05) is 24.6 Å². The van der Waals surface area contributed by atoms with Crippen LogP contribution in [-0.4, -0.2) is 48.1 Å². The van der Waals surface area contributed by atoms with Gasteiger partial charge >= 0.3 is 0 Å². The zero-order valence-electron chi connectivity index (χ0n) is 14.5. The average Bonchev–Trinajstić information content (AvgIpc) is 2.69. The van der Waals surface area contributed by atoms with Crippen molar-refractivity contribution >= 4 is 22.5 Å². The van der Waals surface area contributed by atoms with E-state index in [4.69, 9.17) is 4.74 Å². The van der Waals surface area contributed by atoms with Gasteiger partial charge in [0.2, 0.25) is 5.91 Å². The van der Waals surface area contributed by atoms with Crippen molar-refractivity contribution in [1.82, 2.24) is 9.88 Å². The van der Waals surface area contributed by atoms with Crippen molar-refractivity contribution < 1.29 is 9.53 Å². The second kappa shape index (κ2) is 7.50. The lowest BCUT2D eigenvalue weighted by molar-refractivity contribution is -0.121. The number of carbonyl (C=O) groups is 1. The van der Waals surface area contributed by atoms with E-state index in [1.54, 1.807) is 6.20 Å². The van der Waals surface area contributed by atoms with Gasteiger partial charge in [-0.25, -0.2) is 0 Å². The number of morpholine rings is 1. The highest BCUT2D eigenvalue weighted by atomic mass is 16.5. The lowest BCUT2D eigenvalue weighted by atomic mass is 9.84. The third-order valence-electron chi connectivity index (χ3n) is 5.47. The number of carbonyl (C=O) groups excluding carboxylic acids is 1. The number of amides is 1. The molecule has 1 amide bonds. The van der Waals surface area contributed by atoms with E-state index in [-0.39, 0.29) is 11.8 Å². The molecular formula is C20H25N3O2. The Balaban J connectivity index is 1.45. The van der Waals surface area contributed by atoms with Gasteiger partial charge in [0.15, 0.2) is 0 Å². The first-order valence-electron chi connectivity index (χ1n) is 9.27. The minimum Gasteiger partial charge on any atom is -0.379 e. The Hall–Kier alpha value is -1.98. The number of ether oxygens (including phenoxy) is 1. The van der Waals surface area contributed by atoms with E-state index in [2.05, 4.69) is 15.2 Å². The van der Waals surface area contributed by atoms with Crippen LogP contribution in [0.25, 0.3) is 10.9 Å². The minimum absolute atomic E-state index is 0.0839. The van der Waals surface area contributed by atoms with Crippen molar-refractivity contribution in [1.29, 1.82) is 0 Å². The number of rotatable bonds is 3. The van der Waals surface area contributed by atoms with Crippen LogP contribution in [0.1, 0.15) is 25.7 Å². The van der Waals surface area contributed by atoms with Gasteiger partial charge in [0.05, 0.1) is 24.4 Å². The molecule has 4 rings (SSSR count). The van der Waals surface area contributed by atoms with Crippen LogP contribution >= 0.6 is 0 Å². The van der Waals surface area contributed by atoms with Crippen LogP contribution in [0.5, 0.6) is 0 Å². The zero-order chi connectivity index (χ0) is 17.1. The maximum Gasteiger partial charge on any atom is 0.227 e. The Morgan fingerprint density at radius 1 is 1.16 bits per heavy atom. The molecule has 132 valence electrons. The van der Waals surface area contributed by atoms with Gasteiger partial charge in [-0.15, -0.1) is 0 Å². The van der Waals surface area contributed by atoms with Crippen LogP contribution in [0.15, 0.2) is 36.5 Å². The molecule has 5 nitrogen and oxygen atoms in total. The van der Waals surface area contributed by atoms with Crippen molar-refractivity contribution in [3.8, 4) is 0 Å². The Morgan fingerprint density at radius 3 is 2.88 bits per heavy atom. The van der Waals surface area contributed by atoms with Gasteiger partial charge in [0.25, 0.3) is 0 Å². The number of hydrogen-bond acceptors (Lipinski definition) is 4. The summed E-state index contributed by atoms with van der Waals surface area (Å²) in [5.74, 6) is 0.219. The molecule has 25 heavy (non-hydrogen) atoms. The fourth-order valence-electron chi connectivity index (χ4n) is 4.12. The summed E-state index contributed by atoms with van der Waals surface area (Å²) in [4.78, 5) is 19.8. The van der Waals surface area contributed by atoms with Gasteiger partial charge in [-0.05, 0) is 31.4 Å². The van der Waals surface area contributed by atoms with Crippen molar-refractivity contribution in [2.24, 2.45) is 5.92 Å². The van der Waals surface area contributed by atoms with E-state index in [1.807, 2.05) is 30.3 Å². The molecule has 2 aromatic rings. The molecule has 0 spiro atoms. The summed E-state index contributed by atoms with van der Waals surface area (Å²) < 4.78 is 5.46. The SMILES string of the molecule is O=C(Nc1cccc2cccnc12)[C@@H]1CCC[C@H](N2CCOCC2)C1. The number of anilines is 1. The Bertz CT molecular complexity index is 737. The molecule has 1 saturated heterocycles. The van der Waals surface area contributed by atoms with Crippen LogP contribution in [-0.2, 0) is 9.53 Å². The summed E-state index contributed by atoms with van der Waals surface area (Å²) in [5, 5.41) is 4.18.